The number of unbranched alkanes of at least 4 members (excludes halogenated alkanes) is 19. The number of rotatable bonds is 26. The van der Waals surface area contributed by atoms with Gasteiger partial charge in [-0.15, -0.1) is 0 Å². The van der Waals surface area contributed by atoms with E-state index in [1.54, 1.807) is 6.08 Å². The Hall–Kier alpha value is -0.870. The molecule has 34 heavy (non-hydrogen) atoms. The predicted molar refractivity (Wildman–Crippen MR) is 147 cm³/mol. The molecule has 0 fully saturated rings. The van der Waals surface area contributed by atoms with E-state index in [0.717, 1.165) is 38.5 Å². The minimum atomic E-state index is -0.828. The van der Waals surface area contributed by atoms with Gasteiger partial charge in [-0.05, 0) is 19.3 Å². The van der Waals surface area contributed by atoms with Crippen molar-refractivity contribution in [1.29, 1.82) is 0 Å². The van der Waals surface area contributed by atoms with Crippen LogP contribution in [0, 0.1) is 0 Å². The lowest BCUT2D eigenvalue weighted by Gasteiger charge is -2.19. The topological polar surface area (TPSA) is 69.6 Å². The third-order valence-electron chi connectivity index (χ3n) is 6.77. The normalized spacial score (nSPS) is 13.4. The molecular formula is C30H59NO3. The quantitative estimate of drug-likeness (QED) is 0.0865. The Kier molecular flexibility index (Phi) is 26.0. The summed E-state index contributed by atoms with van der Waals surface area (Å²) in [6, 6.07) is -0.610. The summed E-state index contributed by atoms with van der Waals surface area (Å²) < 4.78 is 0. The lowest BCUT2D eigenvalue weighted by atomic mass is 10.0. The van der Waals surface area contributed by atoms with E-state index in [1.807, 2.05) is 6.08 Å². The summed E-state index contributed by atoms with van der Waals surface area (Å²) in [7, 11) is 0. The predicted octanol–water partition coefficient (Wildman–Crippen LogP) is 8.00. The van der Waals surface area contributed by atoms with Gasteiger partial charge in [0.15, 0.2) is 0 Å². The van der Waals surface area contributed by atoms with Crippen molar-refractivity contribution < 1.29 is 15.0 Å². The van der Waals surface area contributed by atoms with Crippen molar-refractivity contribution in [2.45, 2.75) is 167 Å². The number of aliphatic hydroxyl groups excluding tert-OH is 2. The van der Waals surface area contributed by atoms with Crippen molar-refractivity contribution in [3.8, 4) is 0 Å². The number of nitrogens with one attached hydrogen (secondary N) is 1. The van der Waals surface area contributed by atoms with Crippen molar-refractivity contribution in [2.24, 2.45) is 0 Å². The molecule has 1 amide bonds. The molecule has 3 N–H and O–H groups in total. The van der Waals surface area contributed by atoms with Crippen LogP contribution in [0.5, 0.6) is 0 Å². The summed E-state index contributed by atoms with van der Waals surface area (Å²) in [5, 5.41) is 22.5. The van der Waals surface area contributed by atoms with Crippen LogP contribution in [0.4, 0.5) is 0 Å². The van der Waals surface area contributed by atoms with Gasteiger partial charge in [0.05, 0.1) is 18.8 Å². The third kappa shape index (κ3) is 22.9. The largest absolute Gasteiger partial charge is 0.394 e. The van der Waals surface area contributed by atoms with Crippen molar-refractivity contribution in [3.63, 3.8) is 0 Å². The average Bonchev–Trinajstić information content (AvgIpc) is 2.84. The van der Waals surface area contributed by atoms with E-state index in [-0.39, 0.29) is 12.5 Å². The molecule has 0 aliphatic carbocycles. The van der Waals surface area contributed by atoms with Crippen LogP contribution in [0.1, 0.15) is 155 Å². The van der Waals surface area contributed by atoms with E-state index in [4.69, 9.17) is 0 Å². The Morgan fingerprint density at radius 1 is 0.676 bits per heavy atom. The first-order chi connectivity index (χ1) is 16.7. The van der Waals surface area contributed by atoms with E-state index >= 15 is 0 Å². The summed E-state index contributed by atoms with van der Waals surface area (Å²) in [6.07, 6.45) is 30.4. The fourth-order valence-corrected chi connectivity index (χ4v) is 4.41. The van der Waals surface area contributed by atoms with Gasteiger partial charge in [0.25, 0.3) is 0 Å². The number of hydrogen-bond acceptors (Lipinski definition) is 3. The summed E-state index contributed by atoms with van der Waals surface area (Å²) in [5.41, 5.74) is 0. The molecule has 0 aromatic carbocycles. The van der Waals surface area contributed by atoms with Gasteiger partial charge in [-0.25, -0.2) is 0 Å². The monoisotopic (exact) mass is 481 g/mol. The molecule has 2 atom stereocenters. The van der Waals surface area contributed by atoms with E-state index in [9.17, 15) is 15.0 Å². The third-order valence-corrected chi connectivity index (χ3v) is 6.77. The van der Waals surface area contributed by atoms with Gasteiger partial charge in [-0.1, -0.05) is 142 Å². The lowest BCUT2D eigenvalue weighted by Crippen LogP contribution is -2.45. The SMILES string of the molecule is CCCCCCCCCCCCCCCCCC/C=C/C(O)C(CO)NC(=O)CCCCCC. The Balaban J connectivity index is 3.53. The second-order valence-corrected chi connectivity index (χ2v) is 10.2. The number of carbonyl (C=O) groups is 1. The number of allylic oxidation sites excluding steroid dienone is 1. The summed E-state index contributed by atoms with van der Waals surface area (Å²) >= 11 is 0. The molecule has 202 valence electrons. The van der Waals surface area contributed by atoms with Crippen LogP contribution in [-0.4, -0.2) is 34.9 Å². The van der Waals surface area contributed by atoms with Crippen molar-refractivity contribution in [2.75, 3.05) is 6.61 Å². The van der Waals surface area contributed by atoms with Crippen LogP contribution in [-0.2, 0) is 4.79 Å². The van der Waals surface area contributed by atoms with E-state index < -0.39 is 12.1 Å². The first kappa shape index (κ1) is 33.1. The van der Waals surface area contributed by atoms with Gasteiger partial charge in [0.2, 0.25) is 5.91 Å². The molecule has 0 aliphatic rings. The molecule has 0 aromatic rings. The molecule has 0 heterocycles. The number of carbonyl (C=O) groups excluding carboxylic acids is 1. The number of aliphatic hydroxyl groups is 2. The van der Waals surface area contributed by atoms with E-state index in [2.05, 4.69) is 19.2 Å². The number of hydrogen-bond donors (Lipinski definition) is 3. The molecule has 0 aliphatic heterocycles. The molecule has 0 bridgehead atoms. The zero-order chi connectivity index (χ0) is 25.1. The maximum absolute atomic E-state index is 12.0. The second kappa shape index (κ2) is 26.7. The van der Waals surface area contributed by atoms with Crippen LogP contribution in [0.3, 0.4) is 0 Å². The fourth-order valence-electron chi connectivity index (χ4n) is 4.41. The summed E-state index contributed by atoms with van der Waals surface area (Å²) in [6.45, 7) is 4.18. The smallest absolute Gasteiger partial charge is 0.220 e. The Morgan fingerprint density at radius 3 is 1.53 bits per heavy atom. The highest BCUT2D eigenvalue weighted by Gasteiger charge is 2.17. The zero-order valence-corrected chi connectivity index (χ0v) is 22.9. The standard InChI is InChI=1S/C30H59NO3/c1-3-5-7-9-10-11-12-13-14-15-16-17-18-19-20-21-22-23-25-29(33)28(27-32)31-30(34)26-24-8-6-4-2/h23,25,28-29,32-33H,3-22,24,26-27H2,1-2H3,(H,31,34)/b25-23+. The summed E-state index contributed by atoms with van der Waals surface area (Å²) in [5.74, 6) is -0.0830. The average molecular weight is 482 g/mol. The molecule has 0 radical (unpaired) electrons. The van der Waals surface area contributed by atoms with Crippen LogP contribution in [0.15, 0.2) is 12.2 Å². The van der Waals surface area contributed by atoms with E-state index in [0.29, 0.717) is 6.42 Å². The van der Waals surface area contributed by atoms with Crippen molar-refractivity contribution >= 4 is 5.91 Å². The first-order valence-electron chi connectivity index (χ1n) is 14.9. The molecule has 0 saturated carbocycles. The van der Waals surface area contributed by atoms with Crippen molar-refractivity contribution in [1.82, 2.24) is 5.32 Å². The van der Waals surface area contributed by atoms with Gasteiger partial charge in [0, 0.05) is 6.42 Å². The van der Waals surface area contributed by atoms with Gasteiger partial charge in [-0.2, -0.15) is 0 Å². The van der Waals surface area contributed by atoms with Crippen molar-refractivity contribution in [3.05, 3.63) is 12.2 Å². The number of amides is 1. The molecule has 0 rings (SSSR count). The van der Waals surface area contributed by atoms with Crippen LogP contribution < -0.4 is 5.32 Å². The molecular weight excluding hydrogens is 422 g/mol. The van der Waals surface area contributed by atoms with Gasteiger partial charge in [-0.3, -0.25) is 4.79 Å². The fraction of sp³-hybridized carbons (Fsp3) is 0.900. The molecule has 4 nitrogen and oxygen atoms in total. The Morgan fingerprint density at radius 2 is 1.09 bits per heavy atom. The summed E-state index contributed by atoms with van der Waals surface area (Å²) in [4.78, 5) is 12.0. The van der Waals surface area contributed by atoms with Crippen LogP contribution >= 0.6 is 0 Å². The molecule has 0 saturated heterocycles. The van der Waals surface area contributed by atoms with E-state index in [1.165, 1.54) is 96.3 Å². The Bertz CT molecular complexity index is 452. The van der Waals surface area contributed by atoms with Gasteiger partial charge in [0.1, 0.15) is 0 Å². The molecule has 0 spiro atoms. The molecule has 0 aromatic heterocycles. The molecule has 4 heteroatoms. The highest BCUT2D eigenvalue weighted by Crippen LogP contribution is 2.14. The van der Waals surface area contributed by atoms with Crippen LogP contribution in [0.2, 0.25) is 0 Å². The zero-order valence-electron chi connectivity index (χ0n) is 22.9. The lowest BCUT2D eigenvalue weighted by molar-refractivity contribution is -0.123. The maximum Gasteiger partial charge on any atom is 0.220 e. The van der Waals surface area contributed by atoms with Gasteiger partial charge >= 0.3 is 0 Å². The maximum atomic E-state index is 12.0. The highest BCUT2D eigenvalue weighted by atomic mass is 16.3. The second-order valence-electron chi connectivity index (χ2n) is 10.2. The minimum Gasteiger partial charge on any atom is -0.394 e. The first-order valence-corrected chi connectivity index (χ1v) is 14.9. The van der Waals surface area contributed by atoms with Gasteiger partial charge < -0.3 is 15.5 Å². The van der Waals surface area contributed by atoms with Crippen LogP contribution in [0.25, 0.3) is 0 Å². The Labute approximate surface area is 212 Å². The molecule has 2 unspecified atom stereocenters. The minimum absolute atomic E-state index is 0.0830. The highest BCUT2D eigenvalue weighted by molar-refractivity contribution is 5.76.